The Kier molecular flexibility index (Phi) is 7.05. The molecule has 2 aromatic carbocycles. The van der Waals surface area contributed by atoms with Crippen molar-refractivity contribution < 1.29 is 9.59 Å². The van der Waals surface area contributed by atoms with Gasteiger partial charge in [-0.1, -0.05) is 48.5 Å². The Bertz CT molecular complexity index is 1140. The number of nitrogens with one attached hydrogen (secondary N) is 1. The van der Waals surface area contributed by atoms with Crippen LogP contribution in [0.1, 0.15) is 24.0 Å². The van der Waals surface area contributed by atoms with Crippen molar-refractivity contribution in [1.29, 1.82) is 0 Å². The molecule has 180 valence electrons. The Labute approximate surface area is 201 Å². The van der Waals surface area contributed by atoms with Crippen molar-refractivity contribution in [2.45, 2.75) is 31.7 Å². The number of nitrogens with two attached hydrogens (primary N) is 1. The van der Waals surface area contributed by atoms with Gasteiger partial charge in [-0.15, -0.1) is 0 Å². The van der Waals surface area contributed by atoms with Gasteiger partial charge < -0.3 is 15.6 Å². The monoisotopic (exact) mass is 461 g/mol. The lowest BCUT2D eigenvalue weighted by atomic mass is 9.74. The molecular weight excluding hydrogens is 426 g/mol. The van der Waals surface area contributed by atoms with Crippen LogP contribution in [0, 0.1) is 5.41 Å². The average molecular weight is 462 g/mol. The van der Waals surface area contributed by atoms with Crippen molar-refractivity contribution in [3.05, 3.63) is 71.9 Å². The van der Waals surface area contributed by atoms with Gasteiger partial charge in [-0.2, -0.15) is 0 Å². The number of carbonyl (C=O) groups is 2. The summed E-state index contributed by atoms with van der Waals surface area (Å²) in [5, 5.41) is 4.53. The van der Waals surface area contributed by atoms with Crippen LogP contribution in [0.5, 0.6) is 0 Å². The van der Waals surface area contributed by atoms with Gasteiger partial charge in [0.1, 0.15) is 0 Å². The first kappa shape index (κ1) is 24.0. The van der Waals surface area contributed by atoms with E-state index in [0.29, 0.717) is 25.9 Å². The fourth-order valence-electron chi connectivity index (χ4n) is 5.09. The van der Waals surface area contributed by atoms with Crippen LogP contribution >= 0.6 is 0 Å². The lowest BCUT2D eigenvalue weighted by Gasteiger charge is -2.45. The number of amides is 2. The summed E-state index contributed by atoms with van der Waals surface area (Å²) in [6.45, 7) is 0.995. The standard InChI is InChI=1S/C27H35N5O2/c1-30(2)31(3)26(34)27(17-20-10-5-4-6-11-20)14-9-15-32(19-27)25(33)23(28)16-21-18-29-24-13-8-7-12-22(21)24/h4-8,10-13,18,23,29H,9,14-17,19,28H2,1-3H3/t23-,27-/m1/s1. The molecule has 2 atom stereocenters. The third-order valence-electron chi connectivity index (χ3n) is 7.05. The van der Waals surface area contributed by atoms with Gasteiger partial charge in [0.15, 0.2) is 0 Å². The summed E-state index contributed by atoms with van der Waals surface area (Å²) in [6, 6.07) is 17.4. The molecule has 2 heterocycles. The van der Waals surface area contributed by atoms with Gasteiger partial charge in [-0.05, 0) is 42.9 Å². The number of rotatable bonds is 7. The van der Waals surface area contributed by atoms with Crippen LogP contribution in [-0.2, 0) is 22.4 Å². The first-order valence-electron chi connectivity index (χ1n) is 11.9. The van der Waals surface area contributed by atoms with Crippen molar-refractivity contribution >= 4 is 22.7 Å². The fraction of sp³-hybridized carbons (Fsp3) is 0.407. The van der Waals surface area contributed by atoms with E-state index in [-0.39, 0.29) is 11.8 Å². The highest BCUT2D eigenvalue weighted by molar-refractivity contribution is 5.88. The smallest absolute Gasteiger partial charge is 0.244 e. The van der Waals surface area contributed by atoms with E-state index >= 15 is 0 Å². The zero-order chi connectivity index (χ0) is 24.3. The Morgan fingerprint density at radius 2 is 1.79 bits per heavy atom. The quantitative estimate of drug-likeness (QED) is 0.530. The van der Waals surface area contributed by atoms with Crippen molar-refractivity contribution in [3.63, 3.8) is 0 Å². The van der Waals surface area contributed by atoms with Crippen LogP contribution in [0.3, 0.4) is 0 Å². The third-order valence-corrected chi connectivity index (χ3v) is 7.05. The molecule has 3 N–H and O–H groups in total. The van der Waals surface area contributed by atoms with Gasteiger partial charge in [0.2, 0.25) is 11.8 Å². The molecular formula is C27H35N5O2. The van der Waals surface area contributed by atoms with E-state index in [0.717, 1.165) is 34.9 Å². The molecule has 0 unspecified atom stereocenters. The number of piperidine rings is 1. The summed E-state index contributed by atoms with van der Waals surface area (Å²) in [7, 11) is 5.51. The van der Waals surface area contributed by atoms with E-state index in [1.807, 2.05) is 79.8 Å². The number of hydrogen-bond acceptors (Lipinski definition) is 4. The summed E-state index contributed by atoms with van der Waals surface area (Å²) >= 11 is 0. The van der Waals surface area contributed by atoms with Gasteiger partial charge in [0.05, 0.1) is 11.5 Å². The number of aromatic amines is 1. The molecule has 0 spiro atoms. The van der Waals surface area contributed by atoms with Gasteiger partial charge in [-0.25, -0.2) is 5.01 Å². The largest absolute Gasteiger partial charge is 0.361 e. The molecule has 0 bridgehead atoms. The highest BCUT2D eigenvalue weighted by Gasteiger charge is 2.46. The van der Waals surface area contributed by atoms with E-state index in [9.17, 15) is 9.59 Å². The summed E-state index contributed by atoms with van der Waals surface area (Å²) in [4.78, 5) is 32.3. The summed E-state index contributed by atoms with van der Waals surface area (Å²) < 4.78 is 0. The molecule has 4 rings (SSSR count). The molecule has 7 nitrogen and oxygen atoms in total. The molecule has 1 aliphatic heterocycles. The Morgan fingerprint density at radius 1 is 1.09 bits per heavy atom. The fourth-order valence-corrected chi connectivity index (χ4v) is 5.09. The van der Waals surface area contributed by atoms with Crippen LogP contribution < -0.4 is 5.73 Å². The van der Waals surface area contributed by atoms with Crippen LogP contribution in [0.15, 0.2) is 60.8 Å². The van der Waals surface area contributed by atoms with Gasteiger partial charge in [0.25, 0.3) is 0 Å². The first-order chi connectivity index (χ1) is 16.3. The lowest BCUT2D eigenvalue weighted by Crippen LogP contribution is -2.58. The number of fused-ring (bicyclic) bond motifs is 1. The maximum absolute atomic E-state index is 13.7. The summed E-state index contributed by atoms with van der Waals surface area (Å²) in [5.74, 6) is -0.0632. The van der Waals surface area contributed by atoms with Gasteiger partial charge >= 0.3 is 0 Å². The Balaban J connectivity index is 1.55. The molecule has 0 radical (unpaired) electrons. The second-order valence-electron chi connectivity index (χ2n) is 9.65. The number of hydrazine groups is 1. The van der Waals surface area contributed by atoms with Gasteiger partial charge in [-0.3, -0.25) is 14.6 Å². The topological polar surface area (TPSA) is 85.7 Å². The first-order valence-corrected chi connectivity index (χ1v) is 11.9. The number of hydrogen-bond donors (Lipinski definition) is 2. The van der Waals surface area contributed by atoms with E-state index in [1.165, 1.54) is 0 Å². The Hall–Kier alpha value is -3.16. The van der Waals surface area contributed by atoms with E-state index in [1.54, 1.807) is 17.1 Å². The zero-order valence-corrected chi connectivity index (χ0v) is 20.3. The minimum absolute atomic E-state index is 0.0315. The predicted octanol–water partition coefficient (Wildman–Crippen LogP) is 2.82. The number of H-pyrrole nitrogens is 1. The minimum atomic E-state index is -0.686. The summed E-state index contributed by atoms with van der Waals surface area (Å²) in [6.07, 6.45) is 4.48. The molecule has 1 fully saturated rings. The van der Waals surface area contributed by atoms with Crippen LogP contribution in [-0.4, -0.2) is 72.0 Å². The highest BCUT2D eigenvalue weighted by Crippen LogP contribution is 2.36. The Morgan fingerprint density at radius 3 is 2.53 bits per heavy atom. The molecule has 1 aromatic heterocycles. The van der Waals surface area contributed by atoms with Crippen molar-refractivity contribution in [1.82, 2.24) is 19.9 Å². The predicted molar refractivity (Wildman–Crippen MR) is 135 cm³/mol. The van der Waals surface area contributed by atoms with Crippen molar-refractivity contribution in [2.24, 2.45) is 11.1 Å². The number of para-hydroxylation sites is 1. The number of nitrogens with zero attached hydrogens (tertiary/aromatic N) is 3. The molecule has 1 aliphatic rings. The van der Waals surface area contributed by atoms with Gasteiger partial charge in [0, 0.05) is 51.3 Å². The lowest BCUT2D eigenvalue weighted by molar-refractivity contribution is -0.159. The molecule has 1 saturated heterocycles. The zero-order valence-electron chi connectivity index (χ0n) is 20.3. The second-order valence-corrected chi connectivity index (χ2v) is 9.65. The molecule has 34 heavy (non-hydrogen) atoms. The average Bonchev–Trinajstić information content (AvgIpc) is 3.26. The minimum Gasteiger partial charge on any atom is -0.361 e. The van der Waals surface area contributed by atoms with E-state index < -0.39 is 11.5 Å². The van der Waals surface area contributed by atoms with E-state index in [2.05, 4.69) is 4.98 Å². The summed E-state index contributed by atoms with van der Waals surface area (Å²) in [5.41, 5.74) is 8.93. The van der Waals surface area contributed by atoms with Crippen molar-refractivity contribution in [2.75, 3.05) is 34.2 Å². The molecule has 3 aromatic rings. The van der Waals surface area contributed by atoms with Crippen molar-refractivity contribution in [3.8, 4) is 0 Å². The number of aromatic nitrogens is 1. The molecule has 0 saturated carbocycles. The second kappa shape index (κ2) is 9.99. The normalized spacial score (nSPS) is 19.4. The third kappa shape index (κ3) is 4.86. The molecule has 2 amide bonds. The van der Waals surface area contributed by atoms with Crippen LogP contribution in [0.4, 0.5) is 0 Å². The molecule has 7 heteroatoms. The maximum atomic E-state index is 13.7. The highest BCUT2D eigenvalue weighted by atomic mass is 16.2. The number of benzene rings is 2. The number of likely N-dealkylation sites (tertiary alicyclic amines) is 1. The SMILES string of the molecule is CN(C)N(C)C(=O)[C@@]1(Cc2ccccc2)CCCN(C(=O)[C@H](N)Cc2c[nH]c3ccccc23)C1. The maximum Gasteiger partial charge on any atom is 0.244 e. The van der Waals surface area contributed by atoms with E-state index in [4.69, 9.17) is 5.73 Å². The molecule has 0 aliphatic carbocycles. The number of carbonyl (C=O) groups excluding carboxylic acids is 2. The van der Waals surface area contributed by atoms with Crippen LogP contribution in [0.25, 0.3) is 10.9 Å². The van der Waals surface area contributed by atoms with Crippen LogP contribution in [0.2, 0.25) is 0 Å².